The number of likely N-dealkylation sites (N-methyl/N-ethyl adjacent to an activating group) is 1. The third-order valence-corrected chi connectivity index (χ3v) is 7.27. The van der Waals surface area contributed by atoms with Gasteiger partial charge < -0.3 is 40.1 Å². The molecule has 0 unspecified atom stereocenters. The molecule has 0 fully saturated rings. The highest BCUT2D eigenvalue weighted by atomic mass is 16.5. The number of ether oxygens (including phenoxy) is 1. The largest absolute Gasteiger partial charge is 0.488 e. The summed E-state index contributed by atoms with van der Waals surface area (Å²) >= 11 is 0. The van der Waals surface area contributed by atoms with E-state index in [9.17, 15) is 19.5 Å². The maximum Gasteiger partial charge on any atom is 0.323 e. The van der Waals surface area contributed by atoms with Crippen LogP contribution in [0.25, 0.3) is 0 Å². The van der Waals surface area contributed by atoms with Gasteiger partial charge in [-0.3, -0.25) is 4.79 Å². The van der Waals surface area contributed by atoms with Crippen molar-refractivity contribution in [3.63, 3.8) is 0 Å². The van der Waals surface area contributed by atoms with Crippen LogP contribution < -0.4 is 20.7 Å². The summed E-state index contributed by atoms with van der Waals surface area (Å²) in [5, 5.41) is 22.1. The third kappa shape index (κ3) is 7.38. The molecule has 3 atom stereocenters. The number of para-hydroxylation sites is 1. The second-order valence-electron chi connectivity index (χ2n) is 10.7. The first-order valence-corrected chi connectivity index (χ1v) is 13.8. The average Bonchev–Trinajstić information content (AvgIpc) is 3.29. The van der Waals surface area contributed by atoms with Gasteiger partial charge in [-0.2, -0.15) is 0 Å². The molecule has 1 aliphatic rings. The van der Waals surface area contributed by atoms with E-state index in [0.717, 1.165) is 0 Å². The highest BCUT2D eigenvalue weighted by Gasteiger charge is 2.32. The summed E-state index contributed by atoms with van der Waals surface area (Å²) in [6.45, 7) is 7.55. The number of aryl methyl sites for hydroxylation is 2. The Labute approximate surface area is 245 Å². The van der Waals surface area contributed by atoms with Crippen LogP contribution in [0.15, 0.2) is 53.1 Å². The summed E-state index contributed by atoms with van der Waals surface area (Å²) in [6, 6.07) is 13.1. The van der Waals surface area contributed by atoms with E-state index in [1.165, 1.54) is 0 Å². The molecule has 2 aromatic carbocycles. The number of anilines is 3. The first-order valence-electron chi connectivity index (χ1n) is 13.8. The Bertz CT molecular complexity index is 1390. The van der Waals surface area contributed by atoms with Crippen molar-refractivity contribution in [1.82, 2.24) is 15.0 Å². The number of benzene rings is 2. The standard InChI is InChI=1S/C30H38N6O6/c1-18-15-36(19(2)17-37)27(38)14-22-13-24(31-29(39)33-28-20(3)34-42-21(28)4)11-12-25(22)41-26(18)16-35(5)30(40)32-23-9-7-6-8-10-23/h6-13,18-19,26,37H,14-17H2,1-5H3,(H,32,40)(H2,31,33,39)/t18-,19+,26-/m0/s1. The van der Waals surface area contributed by atoms with E-state index < -0.39 is 18.2 Å². The third-order valence-electron chi connectivity index (χ3n) is 7.27. The number of aliphatic hydroxyl groups excluding tert-OH is 1. The number of rotatable bonds is 7. The molecule has 0 saturated carbocycles. The molecule has 42 heavy (non-hydrogen) atoms. The number of aromatic nitrogens is 1. The van der Waals surface area contributed by atoms with Crippen LogP contribution in [0, 0.1) is 19.8 Å². The van der Waals surface area contributed by atoms with Crippen LogP contribution in [0.2, 0.25) is 0 Å². The van der Waals surface area contributed by atoms with Gasteiger partial charge in [0.15, 0.2) is 5.76 Å². The second kappa shape index (κ2) is 13.4. The molecule has 1 aliphatic heterocycles. The van der Waals surface area contributed by atoms with Gasteiger partial charge in [0.05, 0.1) is 25.6 Å². The Morgan fingerprint density at radius 2 is 1.86 bits per heavy atom. The maximum atomic E-state index is 13.5. The van der Waals surface area contributed by atoms with Crippen molar-refractivity contribution in [2.45, 2.75) is 46.3 Å². The van der Waals surface area contributed by atoms with E-state index in [0.29, 0.717) is 46.4 Å². The van der Waals surface area contributed by atoms with E-state index in [1.807, 2.05) is 25.1 Å². The zero-order chi connectivity index (χ0) is 30.4. The minimum Gasteiger partial charge on any atom is -0.488 e. The molecule has 2 heterocycles. The van der Waals surface area contributed by atoms with Gasteiger partial charge >= 0.3 is 12.1 Å². The van der Waals surface area contributed by atoms with Crippen LogP contribution in [-0.2, 0) is 11.2 Å². The van der Waals surface area contributed by atoms with Gasteiger partial charge in [0.1, 0.15) is 23.2 Å². The van der Waals surface area contributed by atoms with E-state index in [4.69, 9.17) is 9.26 Å². The quantitative estimate of drug-likeness (QED) is 0.327. The molecule has 3 aromatic rings. The van der Waals surface area contributed by atoms with Crippen LogP contribution in [0.4, 0.5) is 26.7 Å². The van der Waals surface area contributed by atoms with Gasteiger partial charge in [-0.1, -0.05) is 30.3 Å². The van der Waals surface area contributed by atoms with E-state index in [2.05, 4.69) is 21.1 Å². The van der Waals surface area contributed by atoms with Crippen molar-refractivity contribution in [3.8, 4) is 5.75 Å². The molecule has 0 aliphatic carbocycles. The average molecular weight is 579 g/mol. The fraction of sp³-hybridized carbons (Fsp3) is 0.400. The van der Waals surface area contributed by atoms with Gasteiger partial charge in [-0.05, 0) is 51.1 Å². The number of hydrogen-bond acceptors (Lipinski definition) is 7. The zero-order valence-corrected chi connectivity index (χ0v) is 24.5. The molecule has 0 radical (unpaired) electrons. The topological polar surface area (TPSA) is 149 Å². The van der Waals surface area contributed by atoms with Crippen LogP contribution >= 0.6 is 0 Å². The molecule has 224 valence electrons. The summed E-state index contributed by atoms with van der Waals surface area (Å²) in [5.74, 6) is 0.602. The van der Waals surface area contributed by atoms with Gasteiger partial charge in [-0.25, -0.2) is 9.59 Å². The molecule has 12 nitrogen and oxygen atoms in total. The molecule has 12 heteroatoms. The maximum absolute atomic E-state index is 13.5. The SMILES string of the molecule is Cc1noc(C)c1NC(=O)Nc1ccc2c(c1)CC(=O)N([C@H](C)CO)C[C@H](C)[C@H](CN(C)C(=O)Nc1ccccc1)O2. The highest BCUT2D eigenvalue weighted by Crippen LogP contribution is 2.29. The van der Waals surface area contributed by atoms with Gasteiger partial charge in [0.2, 0.25) is 5.91 Å². The van der Waals surface area contributed by atoms with Gasteiger partial charge in [0, 0.05) is 36.4 Å². The summed E-state index contributed by atoms with van der Waals surface area (Å²) in [4.78, 5) is 42.3. The monoisotopic (exact) mass is 578 g/mol. The van der Waals surface area contributed by atoms with Crippen LogP contribution in [0.3, 0.4) is 0 Å². The Hall–Kier alpha value is -4.58. The summed E-state index contributed by atoms with van der Waals surface area (Å²) in [7, 11) is 1.69. The summed E-state index contributed by atoms with van der Waals surface area (Å²) in [5.41, 5.74) is 2.74. The fourth-order valence-electron chi connectivity index (χ4n) is 4.76. The lowest BCUT2D eigenvalue weighted by molar-refractivity contribution is -0.134. The first kappa shape index (κ1) is 30.4. The van der Waals surface area contributed by atoms with E-state index >= 15 is 0 Å². The number of hydrogen-bond donors (Lipinski definition) is 4. The van der Waals surface area contributed by atoms with Crippen LogP contribution in [-0.4, -0.2) is 76.9 Å². The lowest BCUT2D eigenvalue weighted by atomic mass is 10.0. The number of carbonyl (C=O) groups excluding carboxylic acids is 3. The number of aliphatic hydroxyl groups is 1. The number of urea groups is 2. The van der Waals surface area contributed by atoms with Crippen LogP contribution in [0.5, 0.6) is 5.75 Å². The number of nitrogens with zero attached hydrogens (tertiary/aromatic N) is 3. The van der Waals surface area contributed by atoms with Crippen LogP contribution in [0.1, 0.15) is 30.9 Å². The zero-order valence-electron chi connectivity index (χ0n) is 24.5. The number of fused-ring (bicyclic) bond motifs is 1. The molecular weight excluding hydrogens is 540 g/mol. The Kier molecular flexibility index (Phi) is 9.68. The minimum atomic E-state index is -0.493. The van der Waals surface area contributed by atoms with Crippen molar-refractivity contribution in [3.05, 3.63) is 65.5 Å². The predicted molar refractivity (Wildman–Crippen MR) is 159 cm³/mol. The lowest BCUT2D eigenvalue weighted by Crippen LogP contribution is -2.48. The number of amides is 5. The lowest BCUT2D eigenvalue weighted by Gasteiger charge is -2.34. The molecule has 4 rings (SSSR count). The van der Waals surface area contributed by atoms with Gasteiger partial charge in [-0.15, -0.1) is 0 Å². The summed E-state index contributed by atoms with van der Waals surface area (Å²) in [6.07, 6.45) is -0.471. The van der Waals surface area contributed by atoms with Crippen molar-refractivity contribution < 1.29 is 28.8 Å². The van der Waals surface area contributed by atoms with Crippen molar-refractivity contribution in [2.75, 3.05) is 42.7 Å². The predicted octanol–water partition coefficient (Wildman–Crippen LogP) is 4.25. The second-order valence-corrected chi connectivity index (χ2v) is 10.7. The van der Waals surface area contributed by atoms with E-state index in [1.54, 1.807) is 68.0 Å². The molecule has 4 N–H and O–H groups in total. The summed E-state index contributed by atoms with van der Waals surface area (Å²) < 4.78 is 11.6. The Balaban J connectivity index is 1.56. The van der Waals surface area contributed by atoms with Crippen molar-refractivity contribution in [2.24, 2.45) is 5.92 Å². The first-order chi connectivity index (χ1) is 20.0. The number of nitrogens with one attached hydrogen (secondary N) is 3. The minimum absolute atomic E-state index is 0.00442. The molecule has 5 amide bonds. The van der Waals surface area contributed by atoms with E-state index in [-0.39, 0.29) is 37.4 Å². The van der Waals surface area contributed by atoms with Gasteiger partial charge in [0.25, 0.3) is 0 Å². The molecule has 0 bridgehead atoms. The molecular formula is C30H38N6O6. The Morgan fingerprint density at radius 1 is 1.12 bits per heavy atom. The van der Waals surface area contributed by atoms with Crippen molar-refractivity contribution >= 4 is 35.0 Å². The number of carbonyl (C=O) groups is 3. The van der Waals surface area contributed by atoms with Crippen molar-refractivity contribution in [1.29, 1.82) is 0 Å². The smallest absolute Gasteiger partial charge is 0.323 e. The Morgan fingerprint density at radius 3 is 2.52 bits per heavy atom. The normalized spacial score (nSPS) is 17.6. The molecule has 1 aromatic heterocycles. The molecule has 0 spiro atoms. The highest BCUT2D eigenvalue weighted by molar-refractivity contribution is 6.00. The fourth-order valence-corrected chi connectivity index (χ4v) is 4.76. The molecule has 0 saturated heterocycles.